The van der Waals surface area contributed by atoms with E-state index in [2.05, 4.69) is 34.1 Å². The Labute approximate surface area is 175 Å². The van der Waals surface area contributed by atoms with Crippen LogP contribution in [0.25, 0.3) is 11.3 Å². The summed E-state index contributed by atoms with van der Waals surface area (Å²) in [7, 11) is 1.90. The predicted molar refractivity (Wildman–Crippen MR) is 111 cm³/mol. The van der Waals surface area contributed by atoms with Crippen LogP contribution in [0.5, 0.6) is 0 Å². The molecule has 3 aromatic rings. The molecule has 1 saturated heterocycles. The number of aromatic nitrogens is 2. The van der Waals surface area contributed by atoms with E-state index >= 15 is 0 Å². The minimum absolute atomic E-state index is 0.251. The van der Waals surface area contributed by atoms with E-state index in [0.717, 1.165) is 44.6 Å². The van der Waals surface area contributed by atoms with Gasteiger partial charge in [-0.1, -0.05) is 30.3 Å². The summed E-state index contributed by atoms with van der Waals surface area (Å²) in [6.45, 7) is 2.89. The van der Waals surface area contributed by atoms with Gasteiger partial charge in [-0.2, -0.15) is 0 Å². The molecule has 0 saturated carbocycles. The molecule has 1 N–H and O–H groups in total. The number of benzene rings is 2. The monoisotopic (exact) mass is 412 g/mol. The predicted octanol–water partition coefficient (Wildman–Crippen LogP) is 3.87. The van der Waals surface area contributed by atoms with Crippen LogP contribution in [-0.4, -0.2) is 50.6 Å². The third-order valence-electron chi connectivity index (χ3n) is 5.83. The minimum Gasteiger partial charge on any atom is -0.360 e. The van der Waals surface area contributed by atoms with Gasteiger partial charge in [0.1, 0.15) is 0 Å². The van der Waals surface area contributed by atoms with Crippen molar-refractivity contribution in [2.75, 3.05) is 20.1 Å². The average Bonchev–Trinajstić information content (AvgIpc) is 3.26. The maximum absolute atomic E-state index is 13.5. The Kier molecular flexibility index (Phi) is 6.22. The Morgan fingerprint density at radius 1 is 1.10 bits per heavy atom. The molecular formula is C23H26F2N4O. The van der Waals surface area contributed by atoms with Crippen molar-refractivity contribution in [1.82, 2.24) is 19.4 Å². The number of imidazole rings is 1. The van der Waals surface area contributed by atoms with Crippen LogP contribution >= 0.6 is 0 Å². The quantitative estimate of drug-likeness (QED) is 0.625. The van der Waals surface area contributed by atoms with E-state index in [0.29, 0.717) is 11.3 Å². The maximum Gasteiger partial charge on any atom is 0.191 e. The second-order valence-electron chi connectivity index (χ2n) is 7.84. The van der Waals surface area contributed by atoms with Crippen molar-refractivity contribution < 1.29 is 13.9 Å². The molecule has 5 nitrogen and oxygen atoms in total. The Hall–Kier alpha value is -2.61. The van der Waals surface area contributed by atoms with E-state index in [1.54, 1.807) is 10.8 Å². The number of piperidine rings is 1. The first-order valence-corrected chi connectivity index (χ1v) is 10.2. The summed E-state index contributed by atoms with van der Waals surface area (Å²) >= 11 is 0. The summed E-state index contributed by atoms with van der Waals surface area (Å²) in [5.41, 5.74) is 2.27. The van der Waals surface area contributed by atoms with Gasteiger partial charge in [-0.15, -0.1) is 0 Å². The molecule has 7 heteroatoms. The van der Waals surface area contributed by atoms with E-state index in [4.69, 9.17) is 0 Å². The third-order valence-corrected chi connectivity index (χ3v) is 5.83. The van der Waals surface area contributed by atoms with Crippen molar-refractivity contribution in [3.05, 3.63) is 78.3 Å². The fourth-order valence-electron chi connectivity index (χ4n) is 3.99. The van der Waals surface area contributed by atoms with Crippen LogP contribution in [-0.2, 0) is 6.54 Å². The van der Waals surface area contributed by atoms with Gasteiger partial charge in [0.2, 0.25) is 0 Å². The van der Waals surface area contributed by atoms with E-state index in [1.807, 2.05) is 18.0 Å². The van der Waals surface area contributed by atoms with Crippen LogP contribution in [0, 0.1) is 11.6 Å². The van der Waals surface area contributed by atoms with Crippen LogP contribution in [0.3, 0.4) is 0 Å². The summed E-state index contributed by atoms with van der Waals surface area (Å²) in [5, 5.41) is 10.8. The second kappa shape index (κ2) is 9.04. The lowest BCUT2D eigenvalue weighted by Gasteiger charge is -2.38. The van der Waals surface area contributed by atoms with Gasteiger partial charge < -0.3 is 5.11 Å². The highest BCUT2D eigenvalue weighted by atomic mass is 19.2. The van der Waals surface area contributed by atoms with Crippen LogP contribution in [0.15, 0.2) is 61.1 Å². The largest absolute Gasteiger partial charge is 0.360 e. The molecular weight excluding hydrogens is 386 g/mol. The normalized spacial score (nSPS) is 16.8. The van der Waals surface area contributed by atoms with E-state index < -0.39 is 18.0 Å². The number of halogens is 2. The first-order valence-electron chi connectivity index (χ1n) is 10.2. The van der Waals surface area contributed by atoms with Gasteiger partial charge in [0.25, 0.3) is 0 Å². The highest BCUT2D eigenvalue weighted by molar-refractivity contribution is 5.58. The fourth-order valence-corrected chi connectivity index (χ4v) is 3.99. The molecule has 0 radical (unpaired) electrons. The molecule has 0 spiro atoms. The first kappa shape index (κ1) is 20.7. The van der Waals surface area contributed by atoms with Crippen molar-refractivity contribution in [2.24, 2.45) is 0 Å². The lowest BCUT2D eigenvalue weighted by molar-refractivity contribution is -0.0744. The third kappa shape index (κ3) is 4.59. The topological polar surface area (TPSA) is 44.5 Å². The maximum atomic E-state index is 13.5. The lowest BCUT2D eigenvalue weighted by Crippen LogP contribution is -2.45. The average molecular weight is 412 g/mol. The van der Waals surface area contributed by atoms with Gasteiger partial charge in [0, 0.05) is 24.3 Å². The summed E-state index contributed by atoms with van der Waals surface area (Å²) in [6, 6.07) is 14.4. The number of likely N-dealkylation sites (tertiary alicyclic amines) is 1. The van der Waals surface area contributed by atoms with Crippen LogP contribution in [0.4, 0.5) is 8.78 Å². The Morgan fingerprint density at radius 3 is 2.53 bits per heavy atom. The standard InChI is InChI=1S/C23H26F2N4O/c1-27(19-9-11-28(12-10-19)14-17-5-3-2-4-6-17)23(30)29-15-22(26-16-29)18-7-8-20(24)21(25)13-18/h2-8,13,15-16,19,23,30H,9-12,14H2,1H3. The van der Waals surface area contributed by atoms with Gasteiger partial charge >= 0.3 is 0 Å². The number of nitrogens with zero attached hydrogens (tertiary/aromatic N) is 4. The van der Waals surface area contributed by atoms with Gasteiger partial charge in [0.15, 0.2) is 18.0 Å². The molecule has 30 heavy (non-hydrogen) atoms. The molecule has 1 unspecified atom stereocenters. The number of hydrogen-bond acceptors (Lipinski definition) is 4. The van der Waals surface area contributed by atoms with Gasteiger partial charge in [-0.25, -0.2) is 13.8 Å². The Balaban J connectivity index is 1.35. The highest BCUT2D eigenvalue weighted by Crippen LogP contribution is 2.24. The Bertz CT molecular complexity index is 970. The highest BCUT2D eigenvalue weighted by Gasteiger charge is 2.27. The molecule has 0 amide bonds. The molecule has 1 aliphatic heterocycles. The van der Waals surface area contributed by atoms with E-state index in [1.165, 1.54) is 18.0 Å². The van der Waals surface area contributed by atoms with Crippen molar-refractivity contribution in [3.8, 4) is 11.3 Å². The summed E-state index contributed by atoms with van der Waals surface area (Å²) in [6.07, 6.45) is 4.22. The number of hydrogen-bond donors (Lipinski definition) is 1. The number of rotatable bonds is 6. The van der Waals surface area contributed by atoms with Crippen LogP contribution < -0.4 is 0 Å². The van der Waals surface area contributed by atoms with Crippen LogP contribution in [0.1, 0.15) is 24.8 Å². The van der Waals surface area contributed by atoms with E-state index in [9.17, 15) is 13.9 Å². The SMILES string of the molecule is CN(C1CCN(Cc2ccccc2)CC1)C(O)n1cnc(-c2ccc(F)c(F)c2)c1. The molecule has 2 heterocycles. The minimum atomic E-state index is -0.915. The lowest BCUT2D eigenvalue weighted by atomic mass is 10.0. The second-order valence-corrected chi connectivity index (χ2v) is 7.84. The molecule has 1 aliphatic rings. The molecule has 1 aromatic heterocycles. The van der Waals surface area contributed by atoms with Crippen molar-refractivity contribution in [3.63, 3.8) is 0 Å². The smallest absolute Gasteiger partial charge is 0.191 e. The zero-order valence-corrected chi connectivity index (χ0v) is 17.0. The van der Waals surface area contributed by atoms with Crippen molar-refractivity contribution in [1.29, 1.82) is 0 Å². The zero-order valence-electron chi connectivity index (χ0n) is 17.0. The van der Waals surface area contributed by atoms with Crippen molar-refractivity contribution >= 4 is 0 Å². The number of aliphatic hydroxyl groups is 1. The van der Waals surface area contributed by atoms with Crippen LogP contribution in [0.2, 0.25) is 0 Å². The number of aliphatic hydroxyl groups excluding tert-OH is 1. The molecule has 1 atom stereocenters. The molecule has 158 valence electrons. The molecule has 0 bridgehead atoms. The summed E-state index contributed by atoms with van der Waals surface area (Å²) in [4.78, 5) is 8.62. The zero-order chi connectivity index (χ0) is 21.1. The summed E-state index contributed by atoms with van der Waals surface area (Å²) < 4.78 is 28.2. The molecule has 4 rings (SSSR count). The van der Waals surface area contributed by atoms with Gasteiger partial charge in [0.05, 0.1) is 12.0 Å². The Morgan fingerprint density at radius 2 is 1.83 bits per heavy atom. The van der Waals surface area contributed by atoms with E-state index in [-0.39, 0.29) is 6.04 Å². The van der Waals surface area contributed by atoms with Gasteiger partial charge in [-0.3, -0.25) is 14.4 Å². The van der Waals surface area contributed by atoms with Gasteiger partial charge in [-0.05, 0) is 56.7 Å². The molecule has 1 fully saturated rings. The molecule has 2 aromatic carbocycles. The van der Waals surface area contributed by atoms with Crippen molar-refractivity contribution in [2.45, 2.75) is 31.8 Å². The molecule has 0 aliphatic carbocycles. The fraction of sp³-hybridized carbons (Fsp3) is 0.348. The first-order chi connectivity index (χ1) is 14.5. The summed E-state index contributed by atoms with van der Waals surface area (Å²) in [5.74, 6) is -1.81.